The van der Waals surface area contributed by atoms with Crippen molar-refractivity contribution < 1.29 is 41.5 Å². The first-order valence-corrected chi connectivity index (χ1v) is 10.5. The number of nitrogens with two attached hydrogens (primary N) is 1. The maximum atomic E-state index is 14.3. The van der Waals surface area contributed by atoms with Gasteiger partial charge in [-0.2, -0.15) is 13.2 Å². The number of aromatic nitrogens is 2. The molecule has 2 amide bonds. The molecule has 0 saturated carbocycles. The van der Waals surface area contributed by atoms with Gasteiger partial charge in [-0.25, -0.2) is 9.37 Å². The van der Waals surface area contributed by atoms with E-state index in [1.54, 1.807) is 0 Å². The van der Waals surface area contributed by atoms with Crippen LogP contribution in [0.3, 0.4) is 0 Å². The van der Waals surface area contributed by atoms with Crippen LogP contribution in [0.1, 0.15) is 34.3 Å². The fourth-order valence-corrected chi connectivity index (χ4v) is 3.76. The lowest BCUT2D eigenvalue weighted by Crippen LogP contribution is -2.51. The van der Waals surface area contributed by atoms with Crippen molar-refractivity contribution in [3.63, 3.8) is 0 Å². The molecule has 36 heavy (non-hydrogen) atoms. The van der Waals surface area contributed by atoms with Gasteiger partial charge < -0.3 is 25.4 Å². The van der Waals surface area contributed by atoms with Crippen molar-refractivity contribution in [1.82, 2.24) is 15.5 Å². The van der Waals surface area contributed by atoms with Gasteiger partial charge in [0.05, 0.1) is 18.4 Å². The molecule has 0 saturated heterocycles. The summed E-state index contributed by atoms with van der Waals surface area (Å²) in [6.45, 7) is 1.15. The highest BCUT2D eigenvalue weighted by Crippen LogP contribution is 2.47. The molecule has 2 aromatic heterocycles. The monoisotopic (exact) mass is 508 g/mol. The Bertz CT molecular complexity index is 1340. The minimum atomic E-state index is -5.33. The number of aryl methyl sites for hydroxylation is 1. The van der Waals surface area contributed by atoms with Crippen LogP contribution in [0.5, 0.6) is 5.75 Å². The first-order chi connectivity index (χ1) is 16.8. The molecular weight excluding hydrogens is 488 g/mol. The van der Waals surface area contributed by atoms with Crippen LogP contribution in [-0.2, 0) is 15.8 Å². The Morgan fingerprint density at radius 2 is 1.92 bits per heavy atom. The minimum Gasteiger partial charge on any atom is -0.489 e. The number of alkyl halides is 3. The molecule has 1 aliphatic rings. The highest BCUT2D eigenvalue weighted by Gasteiger charge is 2.57. The van der Waals surface area contributed by atoms with Gasteiger partial charge in [-0.05, 0) is 44.2 Å². The first-order valence-electron chi connectivity index (χ1n) is 10.5. The molecule has 2 atom stereocenters. The largest absolute Gasteiger partial charge is 0.489 e. The molecule has 4 N–H and O–H groups in total. The predicted octanol–water partition coefficient (Wildman–Crippen LogP) is 2.50. The number of pyridine rings is 1. The lowest BCUT2D eigenvalue weighted by Gasteiger charge is -2.31. The fourth-order valence-electron chi connectivity index (χ4n) is 3.76. The molecule has 0 fully saturated rings. The van der Waals surface area contributed by atoms with Gasteiger partial charge in [0.15, 0.2) is 0 Å². The standard InChI is InChI=1S/C23H20F4N4O5/c1-11-14(8-30-36-11)19(32)29-9-22(34,23(25,26)27)16-7-15-18(35-10-21(15,2)20(28)33)17(31-16)12-3-5-13(24)6-4-12/h3-8,34H,9-10H2,1-2H3,(H2,28,33)(H,29,32)/t21-,22-/m0/s1. The Labute approximate surface area is 201 Å². The topological polar surface area (TPSA) is 141 Å². The van der Waals surface area contributed by atoms with Crippen LogP contribution in [-0.4, -0.2) is 46.4 Å². The molecule has 0 bridgehead atoms. The second-order valence-corrected chi connectivity index (χ2v) is 8.56. The molecule has 1 aromatic carbocycles. The second-order valence-electron chi connectivity index (χ2n) is 8.56. The molecule has 0 aliphatic carbocycles. The van der Waals surface area contributed by atoms with Crippen molar-refractivity contribution in [2.24, 2.45) is 5.73 Å². The maximum Gasteiger partial charge on any atom is 0.424 e. The number of nitrogens with one attached hydrogen (secondary N) is 1. The zero-order valence-electron chi connectivity index (χ0n) is 18.9. The molecule has 13 heteroatoms. The number of ether oxygens (including phenoxy) is 1. The summed E-state index contributed by atoms with van der Waals surface area (Å²) < 4.78 is 66.8. The number of carbonyl (C=O) groups excluding carboxylic acids is 2. The number of fused-ring (bicyclic) bond motifs is 1. The Morgan fingerprint density at radius 1 is 1.25 bits per heavy atom. The molecule has 0 spiro atoms. The number of halogens is 4. The van der Waals surface area contributed by atoms with Crippen molar-refractivity contribution in [3.05, 3.63) is 64.9 Å². The minimum absolute atomic E-state index is 0.0275. The number of hydrogen-bond acceptors (Lipinski definition) is 7. The van der Waals surface area contributed by atoms with Crippen LogP contribution in [0.4, 0.5) is 17.6 Å². The first kappa shape index (κ1) is 25.1. The summed E-state index contributed by atoms with van der Waals surface area (Å²) in [5, 5.41) is 16.4. The second kappa shape index (κ2) is 8.59. The smallest absolute Gasteiger partial charge is 0.424 e. The normalized spacial score (nSPS) is 18.8. The van der Waals surface area contributed by atoms with Crippen LogP contribution in [0, 0.1) is 12.7 Å². The van der Waals surface area contributed by atoms with Crippen LogP contribution >= 0.6 is 0 Å². The zero-order valence-corrected chi connectivity index (χ0v) is 18.9. The Kier molecular flexibility index (Phi) is 5.99. The number of amides is 2. The number of primary amides is 1. The molecular formula is C23H20F4N4O5. The number of carbonyl (C=O) groups is 2. The van der Waals surface area contributed by atoms with E-state index in [1.165, 1.54) is 26.0 Å². The van der Waals surface area contributed by atoms with E-state index in [2.05, 4.69) is 10.1 Å². The van der Waals surface area contributed by atoms with Crippen LogP contribution in [0.2, 0.25) is 0 Å². The number of rotatable bonds is 6. The van der Waals surface area contributed by atoms with Gasteiger partial charge >= 0.3 is 6.18 Å². The lowest BCUT2D eigenvalue weighted by atomic mass is 9.81. The maximum absolute atomic E-state index is 14.3. The van der Waals surface area contributed by atoms with Crippen molar-refractivity contribution in [2.45, 2.75) is 31.0 Å². The van der Waals surface area contributed by atoms with Gasteiger partial charge in [-0.3, -0.25) is 9.59 Å². The van der Waals surface area contributed by atoms with Gasteiger partial charge in [0.25, 0.3) is 5.91 Å². The van der Waals surface area contributed by atoms with Crippen LogP contribution < -0.4 is 15.8 Å². The highest BCUT2D eigenvalue weighted by molar-refractivity contribution is 5.94. The van der Waals surface area contributed by atoms with E-state index in [0.717, 1.165) is 24.4 Å². The van der Waals surface area contributed by atoms with E-state index in [4.69, 9.17) is 15.0 Å². The quantitative estimate of drug-likeness (QED) is 0.435. The summed E-state index contributed by atoms with van der Waals surface area (Å²) in [6.07, 6.45) is -4.30. The van der Waals surface area contributed by atoms with E-state index in [1.807, 2.05) is 5.32 Å². The summed E-state index contributed by atoms with van der Waals surface area (Å²) in [5.41, 5.74) is -0.808. The van der Waals surface area contributed by atoms with E-state index in [-0.39, 0.29) is 40.5 Å². The summed E-state index contributed by atoms with van der Waals surface area (Å²) in [4.78, 5) is 28.6. The average molecular weight is 508 g/mol. The van der Waals surface area contributed by atoms with Crippen molar-refractivity contribution >= 4 is 11.8 Å². The number of aliphatic hydroxyl groups is 1. The molecule has 3 heterocycles. The fraction of sp³-hybridized carbons (Fsp3) is 0.304. The summed E-state index contributed by atoms with van der Waals surface area (Å²) in [7, 11) is 0. The molecule has 190 valence electrons. The van der Waals surface area contributed by atoms with Gasteiger partial charge in [-0.1, -0.05) is 5.16 Å². The zero-order chi connectivity index (χ0) is 26.5. The van der Waals surface area contributed by atoms with Gasteiger partial charge in [0.1, 0.15) is 40.6 Å². The average Bonchev–Trinajstić information content (AvgIpc) is 3.40. The lowest BCUT2D eigenvalue weighted by molar-refractivity contribution is -0.265. The molecule has 0 radical (unpaired) electrons. The third-order valence-corrected chi connectivity index (χ3v) is 6.13. The number of nitrogens with zero attached hydrogens (tertiary/aromatic N) is 2. The third kappa shape index (κ3) is 4.04. The van der Waals surface area contributed by atoms with E-state index in [0.29, 0.717) is 0 Å². The predicted molar refractivity (Wildman–Crippen MR) is 115 cm³/mol. The molecule has 4 rings (SSSR count). The van der Waals surface area contributed by atoms with Crippen molar-refractivity contribution in [1.29, 1.82) is 0 Å². The summed E-state index contributed by atoms with van der Waals surface area (Å²) in [5.74, 6) is -2.42. The Hall–Kier alpha value is -4.00. The molecule has 0 unspecified atom stereocenters. The summed E-state index contributed by atoms with van der Waals surface area (Å²) in [6, 6.07) is 5.53. The Balaban J connectivity index is 1.87. The molecule has 9 nitrogen and oxygen atoms in total. The van der Waals surface area contributed by atoms with E-state index < -0.39 is 47.1 Å². The van der Waals surface area contributed by atoms with Crippen molar-refractivity contribution in [3.8, 4) is 17.0 Å². The van der Waals surface area contributed by atoms with E-state index >= 15 is 0 Å². The van der Waals surface area contributed by atoms with Gasteiger partial charge in [0.2, 0.25) is 11.5 Å². The van der Waals surface area contributed by atoms with Gasteiger partial charge in [0, 0.05) is 11.1 Å². The third-order valence-electron chi connectivity index (χ3n) is 6.13. The van der Waals surface area contributed by atoms with Crippen molar-refractivity contribution in [2.75, 3.05) is 13.2 Å². The summed E-state index contributed by atoms with van der Waals surface area (Å²) >= 11 is 0. The molecule has 1 aliphatic heterocycles. The molecule has 3 aromatic rings. The Morgan fingerprint density at radius 3 is 2.47 bits per heavy atom. The van der Waals surface area contributed by atoms with Crippen LogP contribution in [0.25, 0.3) is 11.3 Å². The SMILES string of the molecule is Cc1oncc1C(=O)NC[C@](O)(c1cc2c(c(-c3ccc(F)cc3)n1)OC[C@]2(C)C(N)=O)C(F)(F)F. The van der Waals surface area contributed by atoms with E-state index in [9.17, 15) is 32.3 Å². The van der Waals surface area contributed by atoms with Crippen LogP contribution in [0.15, 0.2) is 41.1 Å². The van der Waals surface area contributed by atoms with Gasteiger partial charge in [-0.15, -0.1) is 0 Å². The number of benzene rings is 1. The number of hydrogen-bond donors (Lipinski definition) is 3. The highest BCUT2D eigenvalue weighted by atomic mass is 19.4.